The van der Waals surface area contributed by atoms with E-state index in [0.717, 1.165) is 0 Å². The van der Waals surface area contributed by atoms with Gasteiger partial charge in [0.15, 0.2) is 17.7 Å². The smallest absolute Gasteiger partial charge is 0.279 e. The summed E-state index contributed by atoms with van der Waals surface area (Å²) in [6.45, 7) is 1.40. The number of anilines is 1. The third kappa shape index (κ3) is 5.82. The van der Waals surface area contributed by atoms with Crippen LogP contribution in [0.4, 0.5) is 10.1 Å². The SMILES string of the molecule is CC(Oc1ccccc1F)C(=O)NNC(=O)c1cccc(NS(=O)(=O)c2ccccc2)c1. The van der Waals surface area contributed by atoms with Crippen LogP contribution in [-0.2, 0) is 14.8 Å². The van der Waals surface area contributed by atoms with Crippen LogP contribution >= 0.6 is 0 Å². The topological polar surface area (TPSA) is 114 Å². The first-order chi connectivity index (χ1) is 15.3. The Morgan fingerprint density at radius 3 is 2.31 bits per heavy atom. The van der Waals surface area contributed by atoms with Crippen molar-refractivity contribution in [1.29, 1.82) is 0 Å². The fourth-order valence-electron chi connectivity index (χ4n) is 2.61. The Labute approximate surface area is 184 Å². The third-order valence-corrected chi connectivity index (χ3v) is 5.64. The molecule has 0 bridgehead atoms. The summed E-state index contributed by atoms with van der Waals surface area (Å²) in [7, 11) is -3.82. The van der Waals surface area contributed by atoms with Crippen LogP contribution in [0.5, 0.6) is 5.75 Å². The average Bonchev–Trinajstić information content (AvgIpc) is 2.79. The highest BCUT2D eigenvalue weighted by atomic mass is 32.2. The lowest BCUT2D eigenvalue weighted by Crippen LogP contribution is -2.47. The Morgan fingerprint density at radius 2 is 1.59 bits per heavy atom. The van der Waals surface area contributed by atoms with E-state index in [4.69, 9.17) is 4.74 Å². The first kappa shape index (κ1) is 22.8. The first-order valence-electron chi connectivity index (χ1n) is 9.45. The van der Waals surface area contributed by atoms with Crippen LogP contribution in [0.25, 0.3) is 0 Å². The zero-order valence-corrected chi connectivity index (χ0v) is 17.7. The zero-order valence-electron chi connectivity index (χ0n) is 16.9. The van der Waals surface area contributed by atoms with E-state index >= 15 is 0 Å². The number of hydrazine groups is 1. The van der Waals surface area contributed by atoms with Crippen molar-refractivity contribution in [2.75, 3.05) is 4.72 Å². The molecule has 3 N–H and O–H groups in total. The predicted molar refractivity (Wildman–Crippen MR) is 116 cm³/mol. The quantitative estimate of drug-likeness (QED) is 0.472. The average molecular weight is 457 g/mol. The van der Waals surface area contributed by atoms with E-state index < -0.39 is 33.8 Å². The molecule has 3 aromatic carbocycles. The molecular formula is C22H20FN3O5S. The highest BCUT2D eigenvalue weighted by Gasteiger charge is 2.18. The lowest BCUT2D eigenvalue weighted by Gasteiger charge is -2.15. The summed E-state index contributed by atoms with van der Waals surface area (Å²) in [6, 6.07) is 19.1. The van der Waals surface area contributed by atoms with Crippen LogP contribution in [0.3, 0.4) is 0 Å². The summed E-state index contributed by atoms with van der Waals surface area (Å²) in [5.74, 6) is -2.11. The van der Waals surface area contributed by atoms with E-state index in [1.807, 2.05) is 0 Å². The molecule has 0 saturated carbocycles. The summed E-state index contributed by atoms with van der Waals surface area (Å²) in [4.78, 5) is 24.6. The van der Waals surface area contributed by atoms with Crippen LogP contribution in [0.15, 0.2) is 83.8 Å². The van der Waals surface area contributed by atoms with Crippen molar-refractivity contribution in [2.24, 2.45) is 0 Å². The van der Waals surface area contributed by atoms with Gasteiger partial charge in [0.05, 0.1) is 4.90 Å². The van der Waals surface area contributed by atoms with Crippen molar-refractivity contribution in [3.05, 3.63) is 90.2 Å². The molecule has 1 unspecified atom stereocenters. The van der Waals surface area contributed by atoms with E-state index in [9.17, 15) is 22.4 Å². The minimum absolute atomic E-state index is 0.0750. The fourth-order valence-corrected chi connectivity index (χ4v) is 3.68. The second kappa shape index (κ2) is 9.92. The standard InChI is InChI=1S/C22H20FN3O5S/c1-15(31-20-13-6-5-12-19(20)23)21(27)24-25-22(28)16-8-7-9-17(14-16)26-32(29,30)18-10-3-2-4-11-18/h2-15,26H,1H3,(H,24,27)(H,25,28). The molecule has 0 aliphatic heterocycles. The van der Waals surface area contributed by atoms with Gasteiger partial charge < -0.3 is 4.74 Å². The van der Waals surface area contributed by atoms with Crippen molar-refractivity contribution >= 4 is 27.5 Å². The molecule has 0 spiro atoms. The fraction of sp³-hybridized carbons (Fsp3) is 0.0909. The Bertz CT molecular complexity index is 1220. The Kier molecular flexibility index (Phi) is 7.06. The van der Waals surface area contributed by atoms with Crippen LogP contribution in [0, 0.1) is 5.82 Å². The number of carbonyl (C=O) groups is 2. The largest absolute Gasteiger partial charge is 0.478 e. The highest BCUT2D eigenvalue weighted by Crippen LogP contribution is 2.18. The molecule has 8 nitrogen and oxygen atoms in total. The van der Waals surface area contributed by atoms with Gasteiger partial charge in [0.25, 0.3) is 21.8 Å². The van der Waals surface area contributed by atoms with Gasteiger partial charge in [-0.1, -0.05) is 36.4 Å². The Morgan fingerprint density at radius 1 is 0.906 bits per heavy atom. The van der Waals surface area contributed by atoms with Crippen molar-refractivity contribution in [2.45, 2.75) is 17.9 Å². The van der Waals surface area contributed by atoms with Gasteiger partial charge in [0, 0.05) is 11.3 Å². The number of ether oxygens (including phenoxy) is 1. The first-order valence-corrected chi connectivity index (χ1v) is 10.9. The molecule has 0 fully saturated rings. The van der Waals surface area contributed by atoms with E-state index in [1.165, 1.54) is 61.5 Å². The van der Waals surface area contributed by atoms with Crippen molar-refractivity contribution in [3.63, 3.8) is 0 Å². The van der Waals surface area contributed by atoms with Crippen LogP contribution in [0.1, 0.15) is 17.3 Å². The number of sulfonamides is 1. The minimum Gasteiger partial charge on any atom is -0.478 e. The Hall–Kier alpha value is -3.92. The number of nitrogens with one attached hydrogen (secondary N) is 3. The van der Waals surface area contributed by atoms with Gasteiger partial charge in [-0.3, -0.25) is 25.2 Å². The van der Waals surface area contributed by atoms with E-state index in [1.54, 1.807) is 24.3 Å². The summed E-state index contributed by atoms with van der Waals surface area (Å²) < 4.78 is 46.2. The number of rotatable bonds is 7. The lowest BCUT2D eigenvalue weighted by molar-refractivity contribution is -0.128. The normalized spacial score (nSPS) is 11.8. The van der Waals surface area contributed by atoms with Crippen LogP contribution in [0.2, 0.25) is 0 Å². The Balaban J connectivity index is 1.60. The number of halogens is 1. The van der Waals surface area contributed by atoms with Crippen molar-refractivity contribution < 1.29 is 27.1 Å². The molecule has 2 amide bonds. The van der Waals surface area contributed by atoms with Gasteiger partial charge in [-0.2, -0.15) is 0 Å². The molecule has 0 saturated heterocycles. The van der Waals surface area contributed by atoms with Gasteiger partial charge in [-0.15, -0.1) is 0 Å². The summed E-state index contributed by atoms with van der Waals surface area (Å²) in [5.41, 5.74) is 4.67. The number of amides is 2. The molecule has 0 aliphatic carbocycles. The monoisotopic (exact) mass is 457 g/mol. The molecule has 166 valence electrons. The van der Waals surface area contributed by atoms with Crippen LogP contribution in [-0.4, -0.2) is 26.3 Å². The molecule has 3 aromatic rings. The van der Waals surface area contributed by atoms with Gasteiger partial charge in [-0.25, -0.2) is 12.8 Å². The maximum Gasteiger partial charge on any atom is 0.279 e. The summed E-state index contributed by atoms with van der Waals surface area (Å²) >= 11 is 0. The molecule has 0 heterocycles. The number of para-hydroxylation sites is 1. The highest BCUT2D eigenvalue weighted by molar-refractivity contribution is 7.92. The number of hydrogen-bond donors (Lipinski definition) is 3. The van der Waals surface area contributed by atoms with Gasteiger partial charge in [0.1, 0.15) is 0 Å². The second-order valence-electron chi connectivity index (χ2n) is 6.63. The zero-order chi connectivity index (χ0) is 23.1. The van der Waals surface area contributed by atoms with Crippen LogP contribution < -0.4 is 20.3 Å². The minimum atomic E-state index is -3.82. The number of hydrogen-bond acceptors (Lipinski definition) is 5. The van der Waals surface area contributed by atoms with E-state index in [-0.39, 0.29) is 21.9 Å². The second-order valence-corrected chi connectivity index (χ2v) is 8.32. The summed E-state index contributed by atoms with van der Waals surface area (Å²) in [6.07, 6.45) is -1.09. The summed E-state index contributed by atoms with van der Waals surface area (Å²) in [5, 5.41) is 0. The molecule has 10 heteroatoms. The number of benzene rings is 3. The maximum atomic E-state index is 13.6. The molecule has 0 radical (unpaired) electrons. The maximum absolute atomic E-state index is 13.6. The lowest BCUT2D eigenvalue weighted by atomic mass is 10.2. The molecule has 0 aromatic heterocycles. The molecule has 1 atom stereocenters. The molecule has 0 aliphatic rings. The van der Waals surface area contributed by atoms with Crippen molar-refractivity contribution in [1.82, 2.24) is 10.9 Å². The molecule has 3 rings (SSSR count). The van der Waals surface area contributed by atoms with Gasteiger partial charge >= 0.3 is 0 Å². The van der Waals surface area contributed by atoms with Gasteiger partial charge in [-0.05, 0) is 49.4 Å². The predicted octanol–water partition coefficient (Wildman–Crippen LogP) is 2.86. The van der Waals surface area contributed by atoms with Crippen molar-refractivity contribution in [3.8, 4) is 5.75 Å². The van der Waals surface area contributed by atoms with E-state index in [0.29, 0.717) is 0 Å². The third-order valence-electron chi connectivity index (χ3n) is 4.24. The molecular weight excluding hydrogens is 437 g/mol. The van der Waals surface area contributed by atoms with Gasteiger partial charge in [0.2, 0.25) is 0 Å². The van der Waals surface area contributed by atoms with E-state index in [2.05, 4.69) is 15.6 Å². The number of carbonyl (C=O) groups excluding carboxylic acids is 2. The molecule has 32 heavy (non-hydrogen) atoms.